The van der Waals surface area contributed by atoms with E-state index >= 15 is 0 Å². The van der Waals surface area contributed by atoms with Gasteiger partial charge in [0, 0.05) is 0 Å². The summed E-state index contributed by atoms with van der Waals surface area (Å²) in [7, 11) is -1.43. The Kier molecular flexibility index (Phi) is 5.06. The van der Waals surface area contributed by atoms with Gasteiger partial charge in [0.15, 0.2) is 16.8 Å². The number of aliphatic hydroxyl groups excluding tert-OH is 2. The summed E-state index contributed by atoms with van der Waals surface area (Å²) in [5.41, 5.74) is 5.17. The summed E-state index contributed by atoms with van der Waals surface area (Å²) in [6.45, 7) is 5.60. The lowest BCUT2D eigenvalue weighted by atomic mass is 9.88. The SMILES string of the molecule is CCCC[C@@]1(O)[C@H](O)[C@@H](CO)O[C@]1(n1cnc2c(N)ncnc21)[Si](C)C. The summed E-state index contributed by atoms with van der Waals surface area (Å²) in [5.74, 6) is 0.235. The lowest BCUT2D eigenvalue weighted by Crippen LogP contribution is -2.63. The normalized spacial score (nSPS) is 32.0. The highest BCUT2D eigenvalue weighted by Gasteiger charge is 2.67. The van der Waals surface area contributed by atoms with Crippen LogP contribution in [-0.4, -0.2) is 68.1 Å². The van der Waals surface area contributed by atoms with Gasteiger partial charge in [0.1, 0.15) is 38.4 Å². The summed E-state index contributed by atoms with van der Waals surface area (Å²) in [4.78, 5) is 12.5. The van der Waals surface area contributed by atoms with Crippen LogP contribution in [-0.2, 0) is 10.1 Å². The van der Waals surface area contributed by atoms with Gasteiger partial charge in [-0.1, -0.05) is 32.9 Å². The minimum Gasteiger partial charge on any atom is -0.394 e. The fraction of sp³-hybridized carbons (Fsp3) is 0.688. The fourth-order valence-electron chi connectivity index (χ4n) is 3.93. The second kappa shape index (κ2) is 6.85. The second-order valence-electron chi connectivity index (χ2n) is 7.00. The lowest BCUT2D eigenvalue weighted by Gasteiger charge is -2.45. The molecule has 2 aromatic heterocycles. The summed E-state index contributed by atoms with van der Waals surface area (Å²) in [5, 5.41) is 31.0. The molecule has 1 aliphatic rings. The van der Waals surface area contributed by atoms with Gasteiger partial charge in [0.2, 0.25) is 0 Å². The number of hydrogen-bond acceptors (Lipinski definition) is 8. The molecule has 3 heterocycles. The van der Waals surface area contributed by atoms with Gasteiger partial charge in [0.25, 0.3) is 0 Å². The highest BCUT2D eigenvalue weighted by Crippen LogP contribution is 2.49. The molecule has 4 atom stereocenters. The Morgan fingerprint density at radius 3 is 2.69 bits per heavy atom. The van der Waals surface area contributed by atoms with Crippen LogP contribution in [0.25, 0.3) is 11.2 Å². The third-order valence-electron chi connectivity index (χ3n) is 5.22. The number of ether oxygens (including phenoxy) is 1. The van der Waals surface area contributed by atoms with Crippen LogP contribution < -0.4 is 5.73 Å². The maximum Gasteiger partial charge on any atom is 0.167 e. The van der Waals surface area contributed by atoms with Crippen molar-refractivity contribution in [1.82, 2.24) is 19.5 Å². The molecule has 9 nitrogen and oxygen atoms in total. The molecule has 0 amide bonds. The summed E-state index contributed by atoms with van der Waals surface area (Å²) in [6, 6.07) is 0. The molecule has 0 aromatic carbocycles. The number of anilines is 1. The van der Waals surface area contributed by atoms with E-state index in [0.717, 1.165) is 6.42 Å². The summed E-state index contributed by atoms with van der Waals surface area (Å²) in [6.07, 6.45) is 2.62. The largest absolute Gasteiger partial charge is 0.394 e. The zero-order chi connectivity index (χ0) is 19.1. The molecule has 0 saturated carbocycles. The van der Waals surface area contributed by atoms with E-state index in [1.807, 2.05) is 20.0 Å². The first-order valence-corrected chi connectivity index (χ1v) is 11.3. The Bertz CT molecular complexity index is 787. The predicted molar refractivity (Wildman–Crippen MR) is 97.6 cm³/mol. The first-order chi connectivity index (χ1) is 12.3. The number of fused-ring (bicyclic) bond motifs is 1. The van der Waals surface area contributed by atoms with E-state index < -0.39 is 38.6 Å². The van der Waals surface area contributed by atoms with Gasteiger partial charge in [0.05, 0.1) is 12.9 Å². The average Bonchev–Trinajstić information content (AvgIpc) is 3.14. The monoisotopic (exact) mass is 380 g/mol. The fourth-order valence-corrected chi connectivity index (χ4v) is 6.11. The number of nitrogen functional groups attached to an aromatic ring is 1. The molecule has 143 valence electrons. The van der Waals surface area contributed by atoms with E-state index in [1.54, 1.807) is 4.57 Å². The van der Waals surface area contributed by atoms with Crippen LogP contribution in [0.1, 0.15) is 26.2 Å². The number of hydrogen-bond donors (Lipinski definition) is 4. The number of aromatic nitrogens is 4. The molecule has 1 saturated heterocycles. The highest BCUT2D eigenvalue weighted by molar-refractivity contribution is 6.58. The van der Waals surface area contributed by atoms with Crippen molar-refractivity contribution in [2.45, 2.75) is 62.4 Å². The van der Waals surface area contributed by atoms with Crippen molar-refractivity contribution in [1.29, 1.82) is 0 Å². The van der Waals surface area contributed by atoms with Crippen molar-refractivity contribution >= 4 is 25.8 Å². The average molecular weight is 381 g/mol. The van der Waals surface area contributed by atoms with E-state index in [4.69, 9.17) is 10.5 Å². The molecule has 1 radical (unpaired) electrons. The number of imidazole rings is 1. The van der Waals surface area contributed by atoms with Crippen LogP contribution in [0, 0.1) is 0 Å². The maximum atomic E-state index is 11.7. The van der Waals surface area contributed by atoms with Crippen molar-refractivity contribution < 1.29 is 20.1 Å². The molecule has 1 aliphatic heterocycles. The van der Waals surface area contributed by atoms with Gasteiger partial charge in [-0.3, -0.25) is 4.57 Å². The Hall–Kier alpha value is -1.59. The van der Waals surface area contributed by atoms with Crippen LogP contribution in [0.5, 0.6) is 0 Å². The number of nitrogens with two attached hydrogens (primary N) is 1. The van der Waals surface area contributed by atoms with Gasteiger partial charge < -0.3 is 25.8 Å². The number of unbranched alkanes of at least 4 members (excludes halogenated alkanes) is 1. The van der Waals surface area contributed by atoms with Crippen molar-refractivity contribution in [2.75, 3.05) is 12.3 Å². The smallest absolute Gasteiger partial charge is 0.167 e. The first kappa shape index (κ1) is 19.2. The zero-order valence-electron chi connectivity index (χ0n) is 15.3. The van der Waals surface area contributed by atoms with E-state index in [0.29, 0.717) is 24.0 Å². The van der Waals surface area contributed by atoms with E-state index in [9.17, 15) is 15.3 Å². The van der Waals surface area contributed by atoms with Crippen molar-refractivity contribution in [2.24, 2.45) is 0 Å². The maximum absolute atomic E-state index is 11.7. The Labute approximate surface area is 153 Å². The number of rotatable bonds is 6. The minimum absolute atomic E-state index is 0.235. The molecular weight excluding hydrogens is 354 g/mol. The number of nitrogens with zero attached hydrogens (tertiary/aromatic N) is 4. The lowest BCUT2D eigenvalue weighted by molar-refractivity contribution is -0.148. The standard InChI is InChI=1S/C16H26N5O4Si/c1-4-5-6-15(24)12(23)10(7-22)25-16(15,26(2)3)21-9-20-11-13(17)18-8-19-14(11)21/h8-10,12,22-24H,4-7H2,1-3H3,(H2,17,18,19)/t10-,12-,15-,16+/m1/s1. The van der Waals surface area contributed by atoms with Gasteiger partial charge in [-0.2, -0.15) is 0 Å². The van der Waals surface area contributed by atoms with Gasteiger partial charge in [-0.15, -0.1) is 0 Å². The van der Waals surface area contributed by atoms with E-state index in [1.165, 1.54) is 12.7 Å². The van der Waals surface area contributed by atoms with E-state index in [2.05, 4.69) is 15.0 Å². The Balaban J connectivity index is 2.26. The van der Waals surface area contributed by atoms with Crippen molar-refractivity contribution in [3.05, 3.63) is 12.7 Å². The molecule has 2 aromatic rings. The third-order valence-corrected chi connectivity index (χ3v) is 7.37. The van der Waals surface area contributed by atoms with Crippen LogP contribution in [0.2, 0.25) is 13.1 Å². The first-order valence-electron chi connectivity index (χ1n) is 8.77. The van der Waals surface area contributed by atoms with Gasteiger partial charge >= 0.3 is 0 Å². The molecule has 10 heteroatoms. The molecule has 0 unspecified atom stereocenters. The molecule has 3 rings (SSSR count). The number of aliphatic hydroxyl groups is 3. The third kappa shape index (κ3) is 2.48. The molecule has 0 aliphatic carbocycles. The minimum atomic E-state index is -1.58. The Morgan fingerprint density at radius 2 is 2.08 bits per heavy atom. The summed E-state index contributed by atoms with van der Waals surface area (Å²) < 4.78 is 7.86. The topological polar surface area (TPSA) is 140 Å². The Morgan fingerprint density at radius 1 is 1.35 bits per heavy atom. The van der Waals surface area contributed by atoms with Crippen molar-refractivity contribution in [3.63, 3.8) is 0 Å². The summed E-state index contributed by atoms with van der Waals surface area (Å²) >= 11 is 0. The molecular formula is C16H26N5O4Si. The molecule has 1 fully saturated rings. The zero-order valence-corrected chi connectivity index (χ0v) is 16.3. The van der Waals surface area contributed by atoms with Crippen LogP contribution in [0.15, 0.2) is 12.7 Å². The molecule has 26 heavy (non-hydrogen) atoms. The quantitative estimate of drug-likeness (QED) is 0.515. The second-order valence-corrected chi connectivity index (χ2v) is 9.68. The van der Waals surface area contributed by atoms with Gasteiger partial charge in [-0.25, -0.2) is 15.0 Å². The molecule has 0 spiro atoms. The van der Waals surface area contributed by atoms with Crippen LogP contribution in [0.4, 0.5) is 5.82 Å². The highest BCUT2D eigenvalue weighted by atomic mass is 28.3. The molecule has 5 N–H and O–H groups in total. The molecule has 0 bridgehead atoms. The van der Waals surface area contributed by atoms with Crippen molar-refractivity contribution in [3.8, 4) is 0 Å². The van der Waals surface area contributed by atoms with Gasteiger partial charge in [-0.05, 0) is 6.42 Å². The van der Waals surface area contributed by atoms with Crippen LogP contribution in [0.3, 0.4) is 0 Å². The van der Waals surface area contributed by atoms with E-state index in [-0.39, 0.29) is 5.82 Å². The van der Waals surface area contributed by atoms with Crippen LogP contribution >= 0.6 is 0 Å². The predicted octanol–water partition coefficient (Wildman–Crippen LogP) is 0.0282.